The smallest absolute Gasteiger partial charge is 0.315 e. The molecular formula is C20H23BrO5. The zero-order chi connectivity index (χ0) is 18.7. The number of hydrogen-bond acceptors (Lipinski definition) is 5. The first kappa shape index (κ1) is 19.1. The minimum absolute atomic E-state index is 0.0935. The molecule has 1 aliphatic carbocycles. The number of carbonyl (C=O) groups excluding carboxylic acids is 3. The van der Waals surface area contributed by atoms with Crippen LogP contribution in [0.4, 0.5) is 0 Å². The standard InChI is InChI=1S/C20H23BrO5/c1-2-25-18(23)11-16-15-10-13(21)7-8-17(15)26-20(24)19(16)12-5-3-4-6-14(22)9-12/h7-8,10,12,16,19H,2-6,9,11H2,1H3/t12-,16-,19+/m1/s1. The van der Waals surface area contributed by atoms with Gasteiger partial charge in [-0.1, -0.05) is 22.4 Å². The molecule has 1 heterocycles. The summed E-state index contributed by atoms with van der Waals surface area (Å²) in [6, 6.07) is 5.45. The maximum absolute atomic E-state index is 12.8. The number of benzene rings is 1. The summed E-state index contributed by atoms with van der Waals surface area (Å²) in [4.78, 5) is 37.2. The molecule has 3 rings (SSSR count). The first-order valence-electron chi connectivity index (χ1n) is 9.18. The Bertz CT molecular complexity index is 714. The molecule has 0 unspecified atom stereocenters. The zero-order valence-corrected chi connectivity index (χ0v) is 16.4. The highest BCUT2D eigenvalue weighted by Gasteiger charge is 2.44. The molecule has 3 atom stereocenters. The first-order chi connectivity index (χ1) is 12.5. The molecule has 1 aromatic carbocycles. The molecule has 0 radical (unpaired) electrons. The molecule has 140 valence electrons. The van der Waals surface area contributed by atoms with Gasteiger partial charge in [0.1, 0.15) is 11.5 Å². The highest BCUT2D eigenvalue weighted by Crippen LogP contribution is 2.46. The average molecular weight is 423 g/mol. The number of rotatable bonds is 4. The van der Waals surface area contributed by atoms with Crippen LogP contribution in [0.15, 0.2) is 22.7 Å². The van der Waals surface area contributed by atoms with Crippen molar-refractivity contribution in [3.05, 3.63) is 28.2 Å². The third-order valence-corrected chi connectivity index (χ3v) is 5.75. The van der Waals surface area contributed by atoms with Crippen LogP contribution in [0.3, 0.4) is 0 Å². The number of fused-ring (bicyclic) bond motifs is 1. The third kappa shape index (κ3) is 4.17. The van der Waals surface area contributed by atoms with E-state index in [2.05, 4.69) is 15.9 Å². The van der Waals surface area contributed by atoms with Crippen molar-refractivity contribution in [1.82, 2.24) is 0 Å². The molecule has 5 nitrogen and oxygen atoms in total. The first-order valence-corrected chi connectivity index (χ1v) is 9.97. The lowest BCUT2D eigenvalue weighted by Gasteiger charge is -2.35. The van der Waals surface area contributed by atoms with E-state index in [0.717, 1.165) is 29.3 Å². The molecule has 1 saturated carbocycles. The fraction of sp³-hybridized carbons (Fsp3) is 0.550. The van der Waals surface area contributed by atoms with Crippen molar-refractivity contribution in [3.8, 4) is 5.75 Å². The van der Waals surface area contributed by atoms with Crippen molar-refractivity contribution in [2.75, 3.05) is 6.61 Å². The molecule has 0 N–H and O–H groups in total. The van der Waals surface area contributed by atoms with Crippen LogP contribution in [0.25, 0.3) is 0 Å². The number of halogens is 1. The van der Waals surface area contributed by atoms with Crippen LogP contribution in [0.5, 0.6) is 5.75 Å². The molecule has 1 aromatic rings. The Hall–Kier alpha value is -1.69. The zero-order valence-electron chi connectivity index (χ0n) is 14.8. The van der Waals surface area contributed by atoms with Crippen molar-refractivity contribution < 1.29 is 23.9 Å². The number of hydrogen-bond donors (Lipinski definition) is 0. The van der Waals surface area contributed by atoms with Gasteiger partial charge < -0.3 is 9.47 Å². The Kier molecular flexibility index (Phi) is 6.12. The van der Waals surface area contributed by atoms with Crippen molar-refractivity contribution in [2.24, 2.45) is 11.8 Å². The summed E-state index contributed by atoms with van der Waals surface area (Å²) < 4.78 is 11.6. The van der Waals surface area contributed by atoms with E-state index in [-0.39, 0.29) is 36.0 Å². The summed E-state index contributed by atoms with van der Waals surface area (Å²) in [5, 5.41) is 0. The predicted octanol–water partition coefficient (Wildman–Crippen LogP) is 4.17. The summed E-state index contributed by atoms with van der Waals surface area (Å²) >= 11 is 3.46. The maximum Gasteiger partial charge on any atom is 0.315 e. The minimum Gasteiger partial charge on any atom is -0.466 e. The van der Waals surface area contributed by atoms with Crippen molar-refractivity contribution in [3.63, 3.8) is 0 Å². The van der Waals surface area contributed by atoms with Gasteiger partial charge in [0.05, 0.1) is 18.9 Å². The van der Waals surface area contributed by atoms with E-state index in [4.69, 9.17) is 9.47 Å². The molecule has 0 bridgehead atoms. The van der Waals surface area contributed by atoms with Gasteiger partial charge in [-0.05, 0) is 43.9 Å². The Morgan fingerprint density at radius 1 is 1.31 bits per heavy atom. The molecule has 1 fully saturated rings. The SMILES string of the molecule is CCOC(=O)C[C@@H]1c2cc(Br)ccc2OC(=O)[C@H]1[C@@H]1CCCCC(=O)C1. The van der Waals surface area contributed by atoms with Gasteiger partial charge in [0.15, 0.2) is 0 Å². The summed E-state index contributed by atoms with van der Waals surface area (Å²) in [5.41, 5.74) is 0.828. The van der Waals surface area contributed by atoms with Crippen LogP contribution in [0, 0.1) is 11.8 Å². The van der Waals surface area contributed by atoms with Gasteiger partial charge in [-0.15, -0.1) is 0 Å². The summed E-state index contributed by atoms with van der Waals surface area (Å²) in [6.45, 7) is 2.06. The van der Waals surface area contributed by atoms with Crippen LogP contribution in [-0.2, 0) is 19.1 Å². The quantitative estimate of drug-likeness (QED) is 0.413. The van der Waals surface area contributed by atoms with Gasteiger partial charge in [0.25, 0.3) is 0 Å². The lowest BCUT2D eigenvalue weighted by atomic mass is 9.72. The molecule has 1 aliphatic heterocycles. The van der Waals surface area contributed by atoms with Gasteiger partial charge in [0, 0.05) is 28.8 Å². The number of ether oxygens (including phenoxy) is 2. The van der Waals surface area contributed by atoms with Crippen LogP contribution < -0.4 is 4.74 Å². The number of carbonyl (C=O) groups is 3. The molecule has 0 amide bonds. The monoisotopic (exact) mass is 422 g/mol. The van der Waals surface area contributed by atoms with Crippen LogP contribution in [-0.4, -0.2) is 24.3 Å². The van der Waals surface area contributed by atoms with E-state index in [1.807, 2.05) is 12.1 Å². The molecule has 2 aliphatic rings. The fourth-order valence-corrected chi connectivity index (χ4v) is 4.50. The second-order valence-corrected chi connectivity index (χ2v) is 7.91. The summed E-state index contributed by atoms with van der Waals surface area (Å²) in [5.74, 6) is -0.915. The topological polar surface area (TPSA) is 69.7 Å². The molecule has 6 heteroatoms. The highest BCUT2D eigenvalue weighted by molar-refractivity contribution is 9.10. The Morgan fingerprint density at radius 3 is 2.88 bits per heavy atom. The van der Waals surface area contributed by atoms with E-state index in [0.29, 0.717) is 25.2 Å². The highest BCUT2D eigenvalue weighted by atomic mass is 79.9. The Morgan fingerprint density at radius 2 is 2.12 bits per heavy atom. The van der Waals surface area contributed by atoms with Gasteiger partial charge in [-0.25, -0.2) is 0 Å². The molecule has 0 spiro atoms. The number of ketones is 1. The van der Waals surface area contributed by atoms with Gasteiger partial charge in [-0.2, -0.15) is 0 Å². The minimum atomic E-state index is -0.497. The molecule has 0 saturated heterocycles. The van der Waals surface area contributed by atoms with Gasteiger partial charge in [-0.3, -0.25) is 14.4 Å². The van der Waals surface area contributed by atoms with Crippen molar-refractivity contribution in [2.45, 2.75) is 51.4 Å². The van der Waals surface area contributed by atoms with Crippen LogP contribution in [0.1, 0.15) is 56.9 Å². The van der Waals surface area contributed by atoms with E-state index in [9.17, 15) is 14.4 Å². The largest absolute Gasteiger partial charge is 0.466 e. The van der Waals surface area contributed by atoms with Crippen molar-refractivity contribution >= 4 is 33.7 Å². The maximum atomic E-state index is 12.8. The lowest BCUT2D eigenvalue weighted by Crippen LogP contribution is -2.38. The lowest BCUT2D eigenvalue weighted by molar-refractivity contribution is -0.147. The summed E-state index contributed by atoms with van der Waals surface area (Å²) in [6.07, 6.45) is 3.64. The van der Waals surface area contributed by atoms with Crippen molar-refractivity contribution in [1.29, 1.82) is 0 Å². The van der Waals surface area contributed by atoms with E-state index >= 15 is 0 Å². The molecule has 0 aromatic heterocycles. The molecular weight excluding hydrogens is 400 g/mol. The fourth-order valence-electron chi connectivity index (χ4n) is 4.13. The summed E-state index contributed by atoms with van der Waals surface area (Å²) in [7, 11) is 0. The average Bonchev–Trinajstić information content (AvgIpc) is 2.80. The van der Waals surface area contributed by atoms with E-state index in [1.165, 1.54) is 0 Å². The number of Topliss-reactive ketones (excluding diaryl/α,β-unsaturated/α-hetero) is 1. The van der Waals surface area contributed by atoms with Crippen LogP contribution >= 0.6 is 15.9 Å². The second kappa shape index (κ2) is 8.33. The van der Waals surface area contributed by atoms with E-state index in [1.54, 1.807) is 13.0 Å². The van der Waals surface area contributed by atoms with Gasteiger partial charge >= 0.3 is 11.9 Å². The Labute approximate surface area is 161 Å². The Balaban J connectivity index is 1.97. The second-order valence-electron chi connectivity index (χ2n) is 6.99. The number of esters is 2. The van der Waals surface area contributed by atoms with E-state index < -0.39 is 5.92 Å². The third-order valence-electron chi connectivity index (χ3n) is 5.26. The van der Waals surface area contributed by atoms with Crippen LogP contribution in [0.2, 0.25) is 0 Å². The molecule has 26 heavy (non-hydrogen) atoms. The normalized spacial score (nSPS) is 25.8. The van der Waals surface area contributed by atoms with Gasteiger partial charge in [0.2, 0.25) is 0 Å². The predicted molar refractivity (Wildman–Crippen MR) is 98.8 cm³/mol.